The fraction of sp³-hybridized carbons (Fsp3) is 0.429. The summed E-state index contributed by atoms with van der Waals surface area (Å²) in [6.45, 7) is 4.54. The van der Waals surface area contributed by atoms with Gasteiger partial charge < -0.3 is 25.0 Å². The Bertz CT molecular complexity index is 796. The molecule has 2 rings (SSSR count). The molecular formula is C21H32N6O. The van der Waals surface area contributed by atoms with E-state index in [1.54, 1.807) is 0 Å². The topological polar surface area (TPSA) is 64.9 Å². The van der Waals surface area contributed by atoms with Crippen molar-refractivity contribution in [3.63, 3.8) is 0 Å². The number of carbonyl (C=O) groups is 1. The molecule has 7 nitrogen and oxygen atoms in total. The monoisotopic (exact) mass is 384 g/mol. The quantitative estimate of drug-likeness (QED) is 0.541. The van der Waals surface area contributed by atoms with Crippen LogP contribution in [0.15, 0.2) is 47.6 Å². The van der Waals surface area contributed by atoms with Gasteiger partial charge in [0.15, 0.2) is 5.96 Å². The van der Waals surface area contributed by atoms with E-state index in [9.17, 15) is 4.79 Å². The highest BCUT2D eigenvalue weighted by molar-refractivity contribution is 5.92. The zero-order chi connectivity index (χ0) is 20.5. The van der Waals surface area contributed by atoms with Crippen LogP contribution >= 0.6 is 0 Å². The normalized spacial score (nSPS) is 11.6. The van der Waals surface area contributed by atoms with Crippen molar-refractivity contribution in [1.82, 2.24) is 19.7 Å². The minimum atomic E-state index is -0.0266. The summed E-state index contributed by atoms with van der Waals surface area (Å²) in [4.78, 5) is 20.7. The van der Waals surface area contributed by atoms with Gasteiger partial charge in [0, 0.05) is 38.2 Å². The van der Waals surface area contributed by atoms with Crippen LogP contribution in [-0.4, -0.2) is 60.5 Å². The van der Waals surface area contributed by atoms with Crippen LogP contribution in [0.25, 0.3) is 0 Å². The summed E-state index contributed by atoms with van der Waals surface area (Å²) in [6, 6.07) is 12.0. The first-order valence-corrected chi connectivity index (χ1v) is 9.52. The Morgan fingerprint density at radius 2 is 1.96 bits per heavy atom. The molecule has 1 heterocycles. The number of rotatable bonds is 8. The number of amides is 1. The number of anilines is 1. The maximum Gasteiger partial charge on any atom is 0.238 e. The Kier molecular flexibility index (Phi) is 8.07. The van der Waals surface area contributed by atoms with Crippen LogP contribution in [0.4, 0.5) is 5.69 Å². The van der Waals surface area contributed by atoms with Crippen molar-refractivity contribution in [3.8, 4) is 0 Å². The van der Waals surface area contributed by atoms with Gasteiger partial charge in [-0.1, -0.05) is 12.1 Å². The van der Waals surface area contributed by atoms with Gasteiger partial charge in [-0.25, -0.2) is 4.99 Å². The highest BCUT2D eigenvalue weighted by atomic mass is 16.2. The molecule has 0 aliphatic heterocycles. The van der Waals surface area contributed by atoms with E-state index in [0.717, 1.165) is 30.3 Å². The lowest BCUT2D eigenvalue weighted by Crippen LogP contribution is -2.38. The summed E-state index contributed by atoms with van der Waals surface area (Å²) in [5, 5.41) is 6.27. The third-order valence-electron chi connectivity index (χ3n) is 4.23. The summed E-state index contributed by atoms with van der Waals surface area (Å²) in [5.74, 6) is 0.826. The van der Waals surface area contributed by atoms with Crippen LogP contribution in [0.5, 0.6) is 0 Å². The van der Waals surface area contributed by atoms with Gasteiger partial charge >= 0.3 is 0 Å². The molecule has 1 aromatic carbocycles. The van der Waals surface area contributed by atoms with Crippen LogP contribution in [0.3, 0.4) is 0 Å². The van der Waals surface area contributed by atoms with E-state index in [1.165, 1.54) is 5.69 Å². The van der Waals surface area contributed by atoms with Crippen LogP contribution in [0, 0.1) is 0 Å². The molecule has 0 radical (unpaired) electrons. The number of hydrogen-bond acceptors (Lipinski definition) is 3. The predicted molar refractivity (Wildman–Crippen MR) is 115 cm³/mol. The number of aliphatic imine (C=N–C) groups is 1. The van der Waals surface area contributed by atoms with E-state index in [4.69, 9.17) is 4.99 Å². The van der Waals surface area contributed by atoms with Crippen molar-refractivity contribution in [1.29, 1.82) is 0 Å². The maximum atomic E-state index is 12.0. The van der Waals surface area contributed by atoms with Crippen molar-refractivity contribution in [2.75, 3.05) is 39.5 Å². The molecule has 0 unspecified atom stereocenters. The molecule has 2 N–H and O–H groups in total. The van der Waals surface area contributed by atoms with Crippen molar-refractivity contribution in [3.05, 3.63) is 53.9 Å². The lowest BCUT2D eigenvalue weighted by Gasteiger charge is -2.22. The van der Waals surface area contributed by atoms with Gasteiger partial charge in [0.25, 0.3) is 0 Å². The molecule has 0 atom stereocenters. The second-order valence-electron chi connectivity index (χ2n) is 7.12. The number of likely N-dealkylation sites (N-methyl/N-ethyl adjacent to an activating group) is 1. The van der Waals surface area contributed by atoms with E-state index < -0.39 is 0 Å². The smallest absolute Gasteiger partial charge is 0.238 e. The highest BCUT2D eigenvalue weighted by Gasteiger charge is 2.09. The third kappa shape index (κ3) is 6.74. The minimum Gasteiger partial charge on any atom is -0.357 e. The van der Waals surface area contributed by atoms with E-state index in [1.807, 2.05) is 69.6 Å². The number of aromatic nitrogens is 1. The van der Waals surface area contributed by atoms with Crippen LogP contribution in [0.1, 0.15) is 18.2 Å². The van der Waals surface area contributed by atoms with Crippen molar-refractivity contribution in [2.24, 2.45) is 12.0 Å². The molecule has 0 aliphatic rings. The molecule has 1 amide bonds. The number of guanidine groups is 1. The van der Waals surface area contributed by atoms with Gasteiger partial charge in [0.05, 0.1) is 19.6 Å². The van der Waals surface area contributed by atoms with E-state index in [2.05, 4.69) is 33.1 Å². The summed E-state index contributed by atoms with van der Waals surface area (Å²) in [5.41, 5.74) is 3.06. The van der Waals surface area contributed by atoms with Crippen molar-refractivity contribution in [2.45, 2.75) is 20.0 Å². The number of carbonyl (C=O) groups excluding carboxylic acids is 1. The fourth-order valence-corrected chi connectivity index (χ4v) is 2.85. The zero-order valence-corrected chi connectivity index (χ0v) is 17.6. The summed E-state index contributed by atoms with van der Waals surface area (Å²) in [6.07, 6.45) is 2.04. The maximum absolute atomic E-state index is 12.0. The Labute approximate surface area is 168 Å². The summed E-state index contributed by atoms with van der Waals surface area (Å²) < 4.78 is 2.11. The number of benzene rings is 1. The number of nitrogens with zero attached hydrogens (tertiary/aromatic N) is 4. The fourth-order valence-electron chi connectivity index (χ4n) is 2.85. The van der Waals surface area contributed by atoms with Crippen LogP contribution < -0.4 is 10.6 Å². The van der Waals surface area contributed by atoms with Gasteiger partial charge in [-0.3, -0.25) is 4.79 Å². The average molecular weight is 385 g/mol. The third-order valence-corrected chi connectivity index (χ3v) is 4.23. The Balaban J connectivity index is 2.04. The molecule has 0 aliphatic carbocycles. The molecule has 0 fully saturated rings. The average Bonchev–Trinajstić information content (AvgIpc) is 3.02. The summed E-state index contributed by atoms with van der Waals surface area (Å²) >= 11 is 0. The molecule has 1 aromatic heterocycles. The minimum absolute atomic E-state index is 0.0266. The van der Waals surface area contributed by atoms with Gasteiger partial charge in [-0.15, -0.1) is 0 Å². The first kappa shape index (κ1) is 21.5. The van der Waals surface area contributed by atoms with Gasteiger partial charge in [0.2, 0.25) is 5.91 Å². The van der Waals surface area contributed by atoms with Crippen LogP contribution in [-0.2, 0) is 24.9 Å². The standard InChI is InChI=1S/C21H32N6O/c1-6-22-21(27(5)15-19-11-8-12-26(19)4)23-14-17-9-7-10-18(13-17)24-20(28)16-25(2)3/h7-13H,6,14-16H2,1-5H3,(H,22,23)(H,24,28). The van der Waals surface area contributed by atoms with Crippen LogP contribution in [0.2, 0.25) is 0 Å². The molecular weight excluding hydrogens is 352 g/mol. The van der Waals surface area contributed by atoms with Gasteiger partial charge in [-0.05, 0) is 50.8 Å². The molecule has 152 valence electrons. The second-order valence-corrected chi connectivity index (χ2v) is 7.12. The summed E-state index contributed by atoms with van der Waals surface area (Å²) in [7, 11) is 7.83. The number of aryl methyl sites for hydroxylation is 1. The Hall–Kier alpha value is -2.80. The molecule has 2 aromatic rings. The lowest BCUT2D eigenvalue weighted by atomic mass is 10.2. The largest absolute Gasteiger partial charge is 0.357 e. The molecule has 0 spiro atoms. The molecule has 28 heavy (non-hydrogen) atoms. The molecule has 0 bridgehead atoms. The van der Waals surface area contributed by atoms with E-state index >= 15 is 0 Å². The Morgan fingerprint density at radius 3 is 2.61 bits per heavy atom. The van der Waals surface area contributed by atoms with Gasteiger partial charge in [0.1, 0.15) is 0 Å². The zero-order valence-electron chi connectivity index (χ0n) is 17.6. The van der Waals surface area contributed by atoms with Gasteiger partial charge in [-0.2, -0.15) is 0 Å². The molecule has 0 saturated heterocycles. The van der Waals surface area contributed by atoms with Crippen molar-refractivity contribution < 1.29 is 4.79 Å². The second kappa shape index (κ2) is 10.5. The Morgan fingerprint density at radius 1 is 1.18 bits per heavy atom. The molecule has 0 saturated carbocycles. The first-order valence-electron chi connectivity index (χ1n) is 9.52. The number of hydrogen-bond donors (Lipinski definition) is 2. The van der Waals surface area contributed by atoms with E-state index in [0.29, 0.717) is 13.1 Å². The molecule has 7 heteroatoms. The highest BCUT2D eigenvalue weighted by Crippen LogP contribution is 2.12. The van der Waals surface area contributed by atoms with Crippen molar-refractivity contribution >= 4 is 17.6 Å². The predicted octanol–water partition coefficient (Wildman–Crippen LogP) is 2.12. The SMILES string of the molecule is CCNC(=NCc1cccc(NC(=O)CN(C)C)c1)N(C)Cc1cccn1C. The lowest BCUT2D eigenvalue weighted by molar-refractivity contribution is -0.116. The first-order chi connectivity index (χ1) is 13.4. The van der Waals surface area contributed by atoms with E-state index in [-0.39, 0.29) is 5.91 Å². The number of nitrogens with one attached hydrogen (secondary N) is 2.